The molecule has 1 aliphatic rings. The summed E-state index contributed by atoms with van der Waals surface area (Å²) in [4.78, 5) is 29.1. The second kappa shape index (κ2) is 8.82. The number of hydrogen-bond donors (Lipinski definition) is 0. The second-order valence-electron chi connectivity index (χ2n) is 6.77. The Morgan fingerprint density at radius 1 is 0.889 bits per heavy atom. The number of benzene rings is 2. The fourth-order valence-corrected chi connectivity index (χ4v) is 3.25. The molecule has 0 unspecified atom stereocenters. The zero-order chi connectivity index (χ0) is 19.2. The van der Waals surface area contributed by atoms with Crippen LogP contribution in [0.3, 0.4) is 0 Å². The Balaban J connectivity index is 1.51. The number of ketones is 1. The maximum absolute atomic E-state index is 12.6. The van der Waals surface area contributed by atoms with Gasteiger partial charge in [-0.2, -0.15) is 0 Å². The Bertz CT molecular complexity index is 776. The number of carbonyl (C=O) groups is 2. The van der Waals surface area contributed by atoms with Crippen molar-refractivity contribution in [1.29, 1.82) is 0 Å². The van der Waals surface area contributed by atoms with Crippen LogP contribution < -0.4 is 4.74 Å². The van der Waals surface area contributed by atoms with Crippen molar-refractivity contribution in [2.75, 3.05) is 39.8 Å². The van der Waals surface area contributed by atoms with Crippen LogP contribution in [0.5, 0.6) is 5.75 Å². The van der Waals surface area contributed by atoms with Gasteiger partial charge in [-0.25, -0.2) is 0 Å². The summed E-state index contributed by atoms with van der Waals surface area (Å²) >= 11 is 0. The molecular formula is C22H26N2O3. The molecule has 0 aliphatic carbocycles. The number of methoxy groups -OCH3 is 1. The largest absolute Gasteiger partial charge is 0.497 e. The normalized spacial score (nSPS) is 14.8. The molecular weight excluding hydrogens is 340 g/mol. The van der Waals surface area contributed by atoms with Crippen molar-refractivity contribution in [3.05, 3.63) is 65.2 Å². The van der Waals surface area contributed by atoms with E-state index in [-0.39, 0.29) is 11.7 Å². The molecule has 0 aromatic heterocycles. The molecule has 0 atom stereocenters. The van der Waals surface area contributed by atoms with Crippen LogP contribution >= 0.6 is 0 Å². The Morgan fingerprint density at radius 3 is 2.04 bits per heavy atom. The van der Waals surface area contributed by atoms with Gasteiger partial charge in [0.15, 0.2) is 5.78 Å². The lowest BCUT2D eigenvalue weighted by molar-refractivity contribution is 0.0624. The topological polar surface area (TPSA) is 49.9 Å². The molecule has 0 spiro atoms. The van der Waals surface area contributed by atoms with E-state index in [1.807, 2.05) is 29.2 Å². The minimum atomic E-state index is 0.0267. The number of ether oxygens (including phenoxy) is 1. The van der Waals surface area contributed by atoms with Gasteiger partial charge < -0.3 is 9.64 Å². The minimum Gasteiger partial charge on any atom is -0.497 e. The van der Waals surface area contributed by atoms with E-state index in [9.17, 15) is 9.59 Å². The van der Waals surface area contributed by atoms with Gasteiger partial charge in [-0.3, -0.25) is 14.5 Å². The summed E-state index contributed by atoms with van der Waals surface area (Å²) in [6, 6.07) is 15.0. The minimum absolute atomic E-state index is 0.0267. The molecule has 142 valence electrons. The second-order valence-corrected chi connectivity index (χ2v) is 6.77. The van der Waals surface area contributed by atoms with Gasteiger partial charge in [-0.05, 0) is 36.2 Å². The Hall–Kier alpha value is -2.66. The number of carbonyl (C=O) groups excluding carboxylic acids is 2. The molecule has 0 N–H and O–H groups in total. The van der Waals surface area contributed by atoms with Crippen molar-refractivity contribution in [3.63, 3.8) is 0 Å². The van der Waals surface area contributed by atoms with Gasteiger partial charge in [0.2, 0.25) is 0 Å². The maximum Gasteiger partial charge on any atom is 0.253 e. The standard InChI is InChI=1S/C22H26N2O3/c1-3-17-4-6-18(7-5-17)21(25)16-23-12-14-24(15-13-23)22(26)19-8-10-20(27-2)11-9-19/h4-11H,3,12-16H2,1-2H3. The molecule has 1 fully saturated rings. The average Bonchev–Trinajstić information content (AvgIpc) is 2.74. The number of piperazine rings is 1. The van der Waals surface area contributed by atoms with Crippen molar-refractivity contribution in [2.24, 2.45) is 0 Å². The number of amides is 1. The molecule has 0 bridgehead atoms. The molecule has 5 heteroatoms. The average molecular weight is 366 g/mol. The molecule has 1 heterocycles. The van der Waals surface area contributed by atoms with Crippen LogP contribution in [-0.4, -0.2) is 61.3 Å². The number of aryl methyl sites for hydroxylation is 1. The Morgan fingerprint density at radius 2 is 1.48 bits per heavy atom. The molecule has 1 amide bonds. The highest BCUT2D eigenvalue weighted by Gasteiger charge is 2.23. The molecule has 5 nitrogen and oxygen atoms in total. The highest BCUT2D eigenvalue weighted by atomic mass is 16.5. The molecule has 27 heavy (non-hydrogen) atoms. The van der Waals surface area contributed by atoms with E-state index in [4.69, 9.17) is 4.74 Å². The first-order chi connectivity index (χ1) is 13.1. The Labute approximate surface area is 160 Å². The highest BCUT2D eigenvalue weighted by Crippen LogP contribution is 2.15. The van der Waals surface area contributed by atoms with Crippen LogP contribution in [-0.2, 0) is 6.42 Å². The SMILES string of the molecule is CCc1ccc(C(=O)CN2CCN(C(=O)c3ccc(OC)cc3)CC2)cc1. The van der Waals surface area contributed by atoms with Gasteiger partial charge in [0.25, 0.3) is 5.91 Å². The van der Waals surface area contributed by atoms with E-state index >= 15 is 0 Å². The summed E-state index contributed by atoms with van der Waals surface area (Å²) in [5.74, 6) is 0.896. The quantitative estimate of drug-likeness (QED) is 0.738. The van der Waals surface area contributed by atoms with Crippen LogP contribution in [0.1, 0.15) is 33.2 Å². The van der Waals surface area contributed by atoms with Crippen LogP contribution in [0.2, 0.25) is 0 Å². The first-order valence-corrected chi connectivity index (χ1v) is 9.38. The molecule has 1 saturated heterocycles. The van der Waals surface area contributed by atoms with Gasteiger partial charge in [-0.1, -0.05) is 31.2 Å². The van der Waals surface area contributed by atoms with Crippen LogP contribution in [0, 0.1) is 0 Å². The van der Waals surface area contributed by atoms with Gasteiger partial charge in [-0.15, -0.1) is 0 Å². The van der Waals surface area contributed by atoms with E-state index in [1.54, 1.807) is 31.4 Å². The first-order valence-electron chi connectivity index (χ1n) is 9.38. The molecule has 2 aromatic rings. The zero-order valence-electron chi connectivity index (χ0n) is 16.0. The van der Waals surface area contributed by atoms with Crippen LogP contribution in [0.15, 0.2) is 48.5 Å². The summed E-state index contributed by atoms with van der Waals surface area (Å²) < 4.78 is 5.13. The zero-order valence-corrected chi connectivity index (χ0v) is 16.0. The predicted molar refractivity (Wildman–Crippen MR) is 105 cm³/mol. The van der Waals surface area contributed by atoms with Crippen molar-refractivity contribution in [1.82, 2.24) is 9.80 Å². The lowest BCUT2D eigenvalue weighted by Crippen LogP contribution is -2.49. The van der Waals surface area contributed by atoms with Crippen LogP contribution in [0.4, 0.5) is 0 Å². The van der Waals surface area contributed by atoms with Crippen molar-refractivity contribution >= 4 is 11.7 Å². The number of Topliss-reactive ketones (excluding diaryl/α,β-unsaturated/α-hetero) is 1. The maximum atomic E-state index is 12.6. The van der Waals surface area contributed by atoms with E-state index < -0.39 is 0 Å². The van der Waals surface area contributed by atoms with Crippen molar-refractivity contribution in [3.8, 4) is 5.75 Å². The summed E-state index contributed by atoms with van der Waals surface area (Å²) in [5.41, 5.74) is 2.65. The fourth-order valence-electron chi connectivity index (χ4n) is 3.25. The van der Waals surface area contributed by atoms with E-state index in [1.165, 1.54) is 5.56 Å². The molecule has 3 rings (SSSR count). The van der Waals surface area contributed by atoms with Gasteiger partial charge in [0.1, 0.15) is 5.75 Å². The molecule has 0 radical (unpaired) electrons. The van der Waals surface area contributed by atoms with E-state index in [0.29, 0.717) is 38.3 Å². The first kappa shape index (κ1) is 19.1. The number of nitrogens with zero attached hydrogens (tertiary/aromatic N) is 2. The molecule has 0 saturated carbocycles. The van der Waals surface area contributed by atoms with Gasteiger partial charge >= 0.3 is 0 Å². The smallest absolute Gasteiger partial charge is 0.253 e. The lowest BCUT2D eigenvalue weighted by Gasteiger charge is -2.34. The molecule has 2 aromatic carbocycles. The Kier molecular flexibility index (Phi) is 6.24. The highest BCUT2D eigenvalue weighted by molar-refractivity contribution is 5.97. The fraction of sp³-hybridized carbons (Fsp3) is 0.364. The predicted octanol–water partition coefficient (Wildman–Crippen LogP) is 2.90. The number of hydrogen-bond acceptors (Lipinski definition) is 4. The summed E-state index contributed by atoms with van der Waals surface area (Å²) in [6.45, 7) is 5.18. The third-order valence-corrected chi connectivity index (χ3v) is 5.05. The van der Waals surface area contributed by atoms with Crippen molar-refractivity contribution in [2.45, 2.75) is 13.3 Å². The lowest BCUT2D eigenvalue weighted by atomic mass is 10.1. The third kappa shape index (κ3) is 4.74. The van der Waals surface area contributed by atoms with Crippen LogP contribution in [0.25, 0.3) is 0 Å². The third-order valence-electron chi connectivity index (χ3n) is 5.05. The summed E-state index contributed by atoms with van der Waals surface area (Å²) in [5, 5.41) is 0. The number of rotatable bonds is 6. The molecule has 1 aliphatic heterocycles. The van der Waals surface area contributed by atoms with Gasteiger partial charge in [0, 0.05) is 37.3 Å². The monoisotopic (exact) mass is 366 g/mol. The van der Waals surface area contributed by atoms with E-state index in [2.05, 4.69) is 11.8 Å². The summed E-state index contributed by atoms with van der Waals surface area (Å²) in [6.07, 6.45) is 0.971. The van der Waals surface area contributed by atoms with Gasteiger partial charge in [0.05, 0.1) is 13.7 Å². The van der Waals surface area contributed by atoms with E-state index in [0.717, 1.165) is 17.7 Å². The van der Waals surface area contributed by atoms with Crippen molar-refractivity contribution < 1.29 is 14.3 Å². The summed E-state index contributed by atoms with van der Waals surface area (Å²) in [7, 11) is 1.61.